The number of aromatic carboxylic acids is 1. The number of aryl methyl sites for hydroxylation is 1. The van der Waals surface area contributed by atoms with Crippen LogP contribution in [0, 0.1) is 17.0 Å². The summed E-state index contributed by atoms with van der Waals surface area (Å²) in [6, 6.07) is 9.19. The number of rotatable bonds is 4. The van der Waals surface area contributed by atoms with E-state index in [1.165, 1.54) is 18.2 Å². The highest BCUT2D eigenvalue weighted by Crippen LogP contribution is 2.34. The van der Waals surface area contributed by atoms with Crippen LogP contribution in [-0.4, -0.2) is 16.0 Å². The predicted molar refractivity (Wildman–Crippen MR) is 79.5 cm³/mol. The van der Waals surface area contributed by atoms with E-state index in [9.17, 15) is 14.9 Å². The Kier molecular flexibility index (Phi) is 4.09. The summed E-state index contributed by atoms with van der Waals surface area (Å²) in [5.41, 5.74) is 1.12. The first-order valence-electron chi connectivity index (χ1n) is 5.94. The third kappa shape index (κ3) is 3.11. The monoisotopic (exact) mass is 306 g/mol. The summed E-state index contributed by atoms with van der Waals surface area (Å²) in [6.07, 6.45) is 0. The molecule has 0 bridgehead atoms. The van der Waals surface area contributed by atoms with Crippen molar-refractivity contribution in [1.29, 1.82) is 0 Å². The van der Waals surface area contributed by atoms with Crippen molar-refractivity contribution in [2.24, 2.45) is 0 Å². The van der Waals surface area contributed by atoms with Gasteiger partial charge in [0.25, 0.3) is 0 Å². The van der Waals surface area contributed by atoms with Crippen molar-refractivity contribution >= 4 is 34.6 Å². The van der Waals surface area contributed by atoms with Crippen molar-refractivity contribution < 1.29 is 14.8 Å². The van der Waals surface area contributed by atoms with Gasteiger partial charge in [-0.25, -0.2) is 4.79 Å². The van der Waals surface area contributed by atoms with Crippen LogP contribution in [0.3, 0.4) is 0 Å². The van der Waals surface area contributed by atoms with Crippen LogP contribution in [0.2, 0.25) is 5.02 Å². The van der Waals surface area contributed by atoms with Crippen LogP contribution in [0.4, 0.5) is 17.1 Å². The number of hydrogen-bond donors (Lipinski definition) is 2. The van der Waals surface area contributed by atoms with E-state index in [0.29, 0.717) is 11.3 Å². The van der Waals surface area contributed by atoms with Crippen LogP contribution in [0.15, 0.2) is 36.4 Å². The van der Waals surface area contributed by atoms with Gasteiger partial charge < -0.3 is 10.4 Å². The molecule has 0 unspecified atom stereocenters. The Bertz CT molecular complexity index is 731. The molecule has 0 spiro atoms. The first-order chi connectivity index (χ1) is 9.90. The summed E-state index contributed by atoms with van der Waals surface area (Å²) in [7, 11) is 0. The second kappa shape index (κ2) is 5.80. The molecule has 2 N–H and O–H groups in total. The smallest absolute Gasteiger partial charge is 0.336 e. The Hall–Kier alpha value is -2.60. The molecular formula is C14H11ClN2O4. The van der Waals surface area contributed by atoms with Gasteiger partial charge in [-0.05, 0) is 36.8 Å². The van der Waals surface area contributed by atoms with E-state index in [4.69, 9.17) is 16.7 Å². The number of para-hydroxylation sites is 1. The average Bonchev–Trinajstić information content (AvgIpc) is 2.40. The average molecular weight is 307 g/mol. The Morgan fingerprint density at radius 2 is 2.05 bits per heavy atom. The number of benzene rings is 2. The summed E-state index contributed by atoms with van der Waals surface area (Å²) in [5.74, 6) is -1.06. The number of carboxylic acids is 1. The Labute approximate surface area is 125 Å². The predicted octanol–water partition coefficient (Wildman–Crippen LogP) is 4.00. The fourth-order valence-corrected chi connectivity index (χ4v) is 2.13. The van der Waals surface area contributed by atoms with Crippen molar-refractivity contribution in [2.45, 2.75) is 6.92 Å². The lowest BCUT2D eigenvalue weighted by Gasteiger charge is -2.10. The minimum atomic E-state index is -1.06. The van der Waals surface area contributed by atoms with Gasteiger partial charge in [-0.1, -0.05) is 23.7 Å². The topological polar surface area (TPSA) is 92.5 Å². The molecule has 0 fully saturated rings. The van der Waals surface area contributed by atoms with Crippen LogP contribution in [0.25, 0.3) is 0 Å². The third-order valence-electron chi connectivity index (χ3n) is 2.92. The molecule has 108 valence electrons. The van der Waals surface area contributed by atoms with Crippen molar-refractivity contribution in [3.8, 4) is 0 Å². The maximum atomic E-state index is 11.1. The molecule has 2 aromatic rings. The number of nitrogens with zero attached hydrogens (tertiary/aromatic N) is 1. The van der Waals surface area contributed by atoms with Crippen LogP contribution in [-0.2, 0) is 0 Å². The van der Waals surface area contributed by atoms with Gasteiger partial charge in [0, 0.05) is 5.69 Å². The third-order valence-corrected chi connectivity index (χ3v) is 3.22. The molecule has 0 aliphatic rings. The maximum absolute atomic E-state index is 11.1. The standard InChI is InChI=1S/C14H11ClN2O4/c1-8-5-6-9(7-10(8)14(18)19)16-12-4-2-3-11(15)13(12)17(20)21/h2-7,16H,1H3,(H,18,19). The van der Waals surface area contributed by atoms with Crippen molar-refractivity contribution in [3.63, 3.8) is 0 Å². The molecule has 0 aromatic heterocycles. The van der Waals surface area contributed by atoms with E-state index < -0.39 is 10.9 Å². The van der Waals surface area contributed by atoms with Crippen molar-refractivity contribution in [3.05, 3.63) is 62.7 Å². The van der Waals surface area contributed by atoms with Gasteiger partial charge in [0.1, 0.15) is 10.7 Å². The molecule has 2 rings (SSSR count). The minimum Gasteiger partial charge on any atom is -0.478 e. The van der Waals surface area contributed by atoms with Gasteiger partial charge in [-0.2, -0.15) is 0 Å². The highest BCUT2D eigenvalue weighted by atomic mass is 35.5. The Morgan fingerprint density at radius 3 is 2.67 bits per heavy atom. The summed E-state index contributed by atoms with van der Waals surface area (Å²) < 4.78 is 0. The second-order valence-corrected chi connectivity index (χ2v) is 4.76. The molecule has 21 heavy (non-hydrogen) atoms. The number of hydrogen-bond acceptors (Lipinski definition) is 4. The molecule has 7 heteroatoms. The summed E-state index contributed by atoms with van der Waals surface area (Å²) >= 11 is 5.82. The zero-order valence-corrected chi connectivity index (χ0v) is 11.7. The van der Waals surface area contributed by atoms with Crippen LogP contribution < -0.4 is 5.32 Å². The van der Waals surface area contributed by atoms with Crippen molar-refractivity contribution in [1.82, 2.24) is 0 Å². The lowest BCUT2D eigenvalue weighted by atomic mass is 10.1. The van der Waals surface area contributed by atoms with E-state index in [0.717, 1.165) is 0 Å². The van der Waals surface area contributed by atoms with Gasteiger partial charge in [0.2, 0.25) is 0 Å². The number of halogens is 1. The summed E-state index contributed by atoms with van der Waals surface area (Å²) in [5, 5.41) is 23.0. The number of carboxylic acid groups (broad SMARTS) is 1. The molecule has 2 aromatic carbocycles. The number of nitrogens with one attached hydrogen (secondary N) is 1. The number of carbonyl (C=O) groups is 1. The Morgan fingerprint density at radius 1 is 1.33 bits per heavy atom. The summed E-state index contributed by atoms with van der Waals surface area (Å²) in [4.78, 5) is 21.6. The van der Waals surface area contributed by atoms with Crippen LogP contribution >= 0.6 is 11.6 Å². The largest absolute Gasteiger partial charge is 0.478 e. The molecule has 0 atom stereocenters. The van der Waals surface area contributed by atoms with E-state index in [1.54, 1.807) is 25.1 Å². The highest BCUT2D eigenvalue weighted by molar-refractivity contribution is 6.33. The number of nitro benzene ring substituents is 1. The fourth-order valence-electron chi connectivity index (χ4n) is 1.89. The molecule has 0 aliphatic heterocycles. The molecule has 0 heterocycles. The molecular weight excluding hydrogens is 296 g/mol. The zero-order valence-electron chi connectivity index (χ0n) is 11.0. The summed E-state index contributed by atoms with van der Waals surface area (Å²) in [6.45, 7) is 1.68. The molecule has 0 amide bonds. The first kappa shape index (κ1) is 14.8. The van der Waals surface area contributed by atoms with Gasteiger partial charge in [0.15, 0.2) is 0 Å². The first-order valence-corrected chi connectivity index (χ1v) is 6.32. The molecule has 0 saturated heterocycles. The lowest BCUT2D eigenvalue weighted by molar-refractivity contribution is -0.383. The van der Waals surface area contributed by atoms with E-state index in [1.807, 2.05) is 0 Å². The lowest BCUT2D eigenvalue weighted by Crippen LogP contribution is -2.02. The van der Waals surface area contributed by atoms with Gasteiger partial charge in [-0.15, -0.1) is 0 Å². The normalized spacial score (nSPS) is 10.2. The number of anilines is 2. The molecule has 0 saturated carbocycles. The maximum Gasteiger partial charge on any atom is 0.336 e. The molecule has 6 nitrogen and oxygen atoms in total. The van der Waals surface area contributed by atoms with Gasteiger partial charge >= 0.3 is 11.7 Å². The van der Waals surface area contributed by atoms with Gasteiger partial charge in [0.05, 0.1) is 10.5 Å². The second-order valence-electron chi connectivity index (χ2n) is 4.35. The van der Waals surface area contributed by atoms with E-state index in [2.05, 4.69) is 5.32 Å². The highest BCUT2D eigenvalue weighted by Gasteiger charge is 2.18. The van der Waals surface area contributed by atoms with Gasteiger partial charge in [-0.3, -0.25) is 10.1 Å². The zero-order chi connectivity index (χ0) is 15.6. The van der Waals surface area contributed by atoms with Crippen LogP contribution in [0.5, 0.6) is 0 Å². The van der Waals surface area contributed by atoms with E-state index >= 15 is 0 Å². The molecule has 0 radical (unpaired) electrons. The van der Waals surface area contributed by atoms with Crippen molar-refractivity contribution in [2.75, 3.05) is 5.32 Å². The quantitative estimate of drug-likeness (QED) is 0.658. The Balaban J connectivity index is 2.44. The van der Waals surface area contributed by atoms with Crippen LogP contribution in [0.1, 0.15) is 15.9 Å². The van der Waals surface area contributed by atoms with E-state index in [-0.39, 0.29) is 22.0 Å². The minimum absolute atomic E-state index is 0.00979. The number of nitro groups is 1. The SMILES string of the molecule is Cc1ccc(Nc2cccc(Cl)c2[N+](=O)[O-])cc1C(=O)O. The molecule has 0 aliphatic carbocycles. The fraction of sp³-hybridized carbons (Fsp3) is 0.0714.